The first kappa shape index (κ1) is 50.4. The molecule has 1 aliphatic heterocycles. The van der Waals surface area contributed by atoms with Crippen molar-refractivity contribution < 1.29 is 38.6 Å². The molecule has 0 unspecified atom stereocenters. The van der Waals surface area contributed by atoms with Crippen molar-refractivity contribution in [3.63, 3.8) is 0 Å². The van der Waals surface area contributed by atoms with Crippen LogP contribution in [0.3, 0.4) is 0 Å². The zero-order valence-electron chi connectivity index (χ0n) is 40.9. The van der Waals surface area contributed by atoms with Crippen LogP contribution in [0.15, 0.2) is 206 Å². The number of hydrogen-bond donors (Lipinski definition) is 0. The van der Waals surface area contributed by atoms with E-state index in [0.29, 0.717) is 10.3 Å². The second kappa shape index (κ2) is 21.0. The topological polar surface area (TPSA) is 46.2 Å². The SMILES string of the molecule is CO[C](=[Cr])/C=C/C1=C[C@@H](O[Si](c2ccccc2)(c2ccccc2)C(C)(C)C)[C@H](O[Si](c2ccccc2)(c2ccccc2)C(C)(C)C)[C@@H](CO[Si](c2ccccc2)(c2ccccc2)C(C)(C)C)O1. The standard InChI is InChI=1S/C58H68O5Si3.Cr/c1-56(2,3)64(47-31-17-11-18-32-47,48-33-19-12-20-34-48)60-45-54-55(63-66(58(7,8)9,51-39-25-15-26-40-51)52-41-27-16-28-42-52)53(44-46(61-54)30-29-43-59-10)62-65(57(4,5)6,49-35-21-13-22-36-49)50-37-23-14-24-38-50;/h11-42,44,53-55H,45H2,1-10H3;/b30-29+;/t53-,54-,55+;/m1./s1. The van der Waals surface area contributed by atoms with Gasteiger partial charge < -0.3 is 0 Å². The van der Waals surface area contributed by atoms with Crippen molar-refractivity contribution in [3.8, 4) is 0 Å². The Hall–Kier alpha value is -4.51. The zero-order chi connectivity index (χ0) is 47.9. The quantitative estimate of drug-likeness (QED) is 0.0906. The van der Waals surface area contributed by atoms with Crippen LogP contribution >= 0.6 is 0 Å². The first-order valence-corrected chi connectivity index (χ1v) is 29.8. The van der Waals surface area contributed by atoms with E-state index in [-0.39, 0.29) is 21.7 Å². The molecular formula is C58H68CrO5Si3. The number of rotatable bonds is 16. The molecular weight excluding hydrogens is 913 g/mol. The minimum atomic E-state index is -3.27. The van der Waals surface area contributed by atoms with E-state index in [2.05, 4.69) is 266 Å². The van der Waals surface area contributed by atoms with Gasteiger partial charge in [-0.05, 0) is 0 Å². The number of methoxy groups -OCH3 is 1. The molecule has 6 aromatic rings. The van der Waals surface area contributed by atoms with E-state index in [0.717, 1.165) is 0 Å². The fourth-order valence-corrected chi connectivity index (χ4v) is 24.2. The van der Waals surface area contributed by atoms with E-state index in [1.807, 2.05) is 12.2 Å². The summed E-state index contributed by atoms with van der Waals surface area (Å²) in [5, 5.41) is 6.20. The van der Waals surface area contributed by atoms with Crippen molar-refractivity contribution in [1.82, 2.24) is 0 Å². The van der Waals surface area contributed by atoms with Gasteiger partial charge in [0.2, 0.25) is 0 Å². The van der Waals surface area contributed by atoms with Gasteiger partial charge in [0.1, 0.15) is 0 Å². The van der Waals surface area contributed by atoms with Gasteiger partial charge in [-0.1, -0.05) is 24.3 Å². The molecule has 0 saturated carbocycles. The van der Waals surface area contributed by atoms with Gasteiger partial charge in [0.15, 0.2) is 0 Å². The molecule has 9 heteroatoms. The number of hydrogen-bond acceptors (Lipinski definition) is 5. The van der Waals surface area contributed by atoms with E-state index < -0.39 is 43.3 Å². The molecule has 67 heavy (non-hydrogen) atoms. The monoisotopic (exact) mass is 980 g/mol. The van der Waals surface area contributed by atoms with Crippen LogP contribution in [-0.2, 0) is 38.6 Å². The summed E-state index contributed by atoms with van der Waals surface area (Å²) >= 11 is 3.04. The van der Waals surface area contributed by atoms with Gasteiger partial charge >= 0.3 is 390 Å². The van der Waals surface area contributed by atoms with Crippen LogP contribution in [0.1, 0.15) is 62.3 Å². The number of allylic oxidation sites excluding steroid dienone is 1. The van der Waals surface area contributed by atoms with E-state index in [4.69, 9.17) is 22.8 Å². The van der Waals surface area contributed by atoms with Gasteiger partial charge in [-0.25, -0.2) is 0 Å². The molecule has 0 fully saturated rings. The fourth-order valence-electron chi connectivity index (χ4n) is 10.2. The summed E-state index contributed by atoms with van der Waals surface area (Å²) in [6.45, 7) is 21.2. The van der Waals surface area contributed by atoms with Crippen molar-refractivity contribution in [1.29, 1.82) is 0 Å². The summed E-state index contributed by atoms with van der Waals surface area (Å²) in [6.07, 6.45) is 4.19. The molecule has 0 aromatic heterocycles. The Kier molecular flexibility index (Phi) is 15.8. The molecule has 0 radical (unpaired) electrons. The molecule has 0 spiro atoms. The van der Waals surface area contributed by atoms with Gasteiger partial charge in [-0.15, -0.1) is 0 Å². The molecule has 7 rings (SSSR count). The first-order valence-electron chi connectivity index (χ1n) is 23.5. The van der Waals surface area contributed by atoms with Crippen LogP contribution in [0.2, 0.25) is 15.1 Å². The summed E-state index contributed by atoms with van der Waals surface area (Å²) in [5.41, 5.74) is 0. The molecule has 5 nitrogen and oxygen atoms in total. The van der Waals surface area contributed by atoms with Crippen LogP contribution in [-0.4, -0.2) is 61.5 Å². The summed E-state index contributed by atoms with van der Waals surface area (Å²) in [7, 11) is -7.90. The number of benzene rings is 6. The van der Waals surface area contributed by atoms with Crippen LogP contribution in [0.4, 0.5) is 0 Å². The third kappa shape index (κ3) is 10.3. The molecule has 0 aliphatic carbocycles. The van der Waals surface area contributed by atoms with Crippen LogP contribution in [0.5, 0.6) is 0 Å². The summed E-state index contributed by atoms with van der Waals surface area (Å²) < 4.78 is 38.1. The molecule has 0 bridgehead atoms. The zero-order valence-corrected chi connectivity index (χ0v) is 45.2. The third-order valence-corrected chi connectivity index (χ3v) is 28.8. The molecule has 3 atom stereocenters. The van der Waals surface area contributed by atoms with Crippen molar-refractivity contribution in [2.45, 2.75) is 95.7 Å². The fraction of sp³-hybridized carbons (Fsp3) is 0.293. The normalized spacial score (nSPS) is 17.5. The van der Waals surface area contributed by atoms with E-state index in [1.165, 1.54) is 31.1 Å². The predicted molar refractivity (Wildman–Crippen MR) is 283 cm³/mol. The summed E-state index contributed by atoms with van der Waals surface area (Å²) in [5.74, 6) is 0.658. The summed E-state index contributed by atoms with van der Waals surface area (Å²) in [4.78, 5) is 0. The Labute approximate surface area is 412 Å². The van der Waals surface area contributed by atoms with E-state index >= 15 is 0 Å². The second-order valence-corrected chi connectivity index (χ2v) is 34.0. The van der Waals surface area contributed by atoms with Gasteiger partial charge in [0.25, 0.3) is 0 Å². The second-order valence-electron chi connectivity index (χ2n) is 20.5. The van der Waals surface area contributed by atoms with Gasteiger partial charge in [-0.2, -0.15) is 0 Å². The van der Waals surface area contributed by atoms with Crippen molar-refractivity contribution in [3.05, 3.63) is 206 Å². The predicted octanol–water partition coefficient (Wildman–Crippen LogP) is 9.62. The maximum absolute atomic E-state index is 8.37. The Morgan fingerprint density at radius 3 is 1.12 bits per heavy atom. The molecule has 1 aliphatic rings. The van der Waals surface area contributed by atoms with Crippen molar-refractivity contribution in [2.24, 2.45) is 0 Å². The van der Waals surface area contributed by atoms with Crippen molar-refractivity contribution in [2.75, 3.05) is 13.7 Å². The van der Waals surface area contributed by atoms with E-state index in [1.54, 1.807) is 7.11 Å². The Balaban J connectivity index is 1.53. The third-order valence-electron chi connectivity index (χ3n) is 13.2. The summed E-state index contributed by atoms with van der Waals surface area (Å²) in [6, 6.07) is 65.2. The molecule has 1 heterocycles. The van der Waals surface area contributed by atoms with Crippen LogP contribution < -0.4 is 31.1 Å². The molecule has 348 valence electrons. The molecule has 0 amide bonds. The average Bonchev–Trinajstić information content (AvgIpc) is 3.33. The minimum absolute atomic E-state index is 0.237. The molecule has 0 N–H and O–H groups in total. The van der Waals surface area contributed by atoms with Crippen LogP contribution in [0.25, 0.3) is 0 Å². The average molecular weight is 981 g/mol. The molecule has 0 saturated heterocycles. The van der Waals surface area contributed by atoms with Crippen molar-refractivity contribution >= 4 is 60.6 Å². The van der Waals surface area contributed by atoms with Gasteiger partial charge in [0.05, 0.1) is 0 Å². The Morgan fingerprint density at radius 2 is 0.806 bits per heavy atom. The maximum atomic E-state index is 8.37. The first-order chi connectivity index (χ1) is 32.0. The van der Waals surface area contributed by atoms with Gasteiger partial charge in [-0.3, -0.25) is 0 Å². The molecule has 6 aromatic carbocycles. The van der Waals surface area contributed by atoms with Gasteiger partial charge in [0, 0.05) is 0 Å². The number of ether oxygens (including phenoxy) is 2. The van der Waals surface area contributed by atoms with E-state index in [9.17, 15) is 0 Å². The Morgan fingerprint density at radius 1 is 0.493 bits per heavy atom. The van der Waals surface area contributed by atoms with Crippen LogP contribution in [0, 0.1) is 0 Å². The Bertz CT molecular complexity index is 2450.